The summed E-state index contributed by atoms with van der Waals surface area (Å²) in [6.07, 6.45) is 4.08. The molecule has 2 N–H and O–H groups in total. The molecule has 0 spiro atoms. The minimum atomic E-state index is -0.178. The van der Waals surface area contributed by atoms with Crippen LogP contribution in [0, 0.1) is 0 Å². The van der Waals surface area contributed by atoms with Gasteiger partial charge in [-0.05, 0) is 37.0 Å². The standard InChI is InChI=1S/C22H24N2O2/c25-22(21-14-19-6-2-3-7-20(19)26-21)23-15-17-8-10-18(11-9-17)16-24-12-4-1-5-13-24/h2-3,6-11,14H,1,4-5,12-13,15-16H2,(H,23,25)/p+1. The first-order chi connectivity index (χ1) is 12.8. The third-order valence-electron chi connectivity index (χ3n) is 5.14. The zero-order valence-electron chi connectivity index (χ0n) is 15.0. The van der Waals surface area contributed by atoms with E-state index in [1.165, 1.54) is 37.9 Å². The highest BCUT2D eigenvalue weighted by molar-refractivity contribution is 5.95. The Morgan fingerprint density at radius 3 is 2.46 bits per heavy atom. The summed E-state index contributed by atoms with van der Waals surface area (Å²) in [5.74, 6) is 0.180. The average Bonchev–Trinajstić information content (AvgIpc) is 3.12. The molecule has 26 heavy (non-hydrogen) atoms. The molecule has 0 unspecified atom stereocenters. The SMILES string of the molecule is O=C(NCc1ccc(C[NH+]2CCCCC2)cc1)c1cc2ccccc2o1. The van der Waals surface area contributed by atoms with Crippen LogP contribution < -0.4 is 10.2 Å². The number of hydrogen-bond acceptors (Lipinski definition) is 2. The highest BCUT2D eigenvalue weighted by Gasteiger charge is 2.14. The average molecular weight is 349 g/mol. The highest BCUT2D eigenvalue weighted by Crippen LogP contribution is 2.18. The Morgan fingerprint density at radius 1 is 0.962 bits per heavy atom. The molecule has 1 amide bonds. The number of piperidine rings is 1. The normalized spacial score (nSPS) is 15.2. The largest absolute Gasteiger partial charge is 0.451 e. The summed E-state index contributed by atoms with van der Waals surface area (Å²) in [6.45, 7) is 4.18. The van der Waals surface area contributed by atoms with E-state index in [1.54, 1.807) is 11.0 Å². The molecule has 4 nitrogen and oxygen atoms in total. The molecule has 1 saturated heterocycles. The van der Waals surface area contributed by atoms with E-state index in [-0.39, 0.29) is 5.91 Å². The van der Waals surface area contributed by atoms with Crippen LogP contribution in [0.15, 0.2) is 59.0 Å². The van der Waals surface area contributed by atoms with Crippen molar-refractivity contribution in [2.75, 3.05) is 13.1 Å². The Morgan fingerprint density at radius 2 is 1.69 bits per heavy atom. The van der Waals surface area contributed by atoms with E-state index in [1.807, 2.05) is 24.3 Å². The number of carbonyl (C=O) groups is 1. The van der Waals surface area contributed by atoms with Crippen LogP contribution in [0.25, 0.3) is 11.0 Å². The first-order valence-electron chi connectivity index (χ1n) is 9.46. The fraction of sp³-hybridized carbons (Fsp3) is 0.318. The second kappa shape index (κ2) is 7.75. The molecule has 4 heteroatoms. The van der Waals surface area contributed by atoms with Crippen LogP contribution in [0.5, 0.6) is 0 Å². The molecule has 2 aromatic carbocycles. The molecule has 1 fully saturated rings. The van der Waals surface area contributed by atoms with Gasteiger partial charge in [-0.25, -0.2) is 0 Å². The zero-order valence-corrected chi connectivity index (χ0v) is 15.0. The fourth-order valence-corrected chi connectivity index (χ4v) is 3.66. The molecule has 1 aliphatic heterocycles. The van der Waals surface area contributed by atoms with E-state index in [4.69, 9.17) is 4.42 Å². The first kappa shape index (κ1) is 16.9. The topological polar surface area (TPSA) is 46.7 Å². The Kier molecular flexibility index (Phi) is 5.02. The second-order valence-corrected chi connectivity index (χ2v) is 7.14. The third-order valence-corrected chi connectivity index (χ3v) is 5.14. The van der Waals surface area contributed by atoms with Crippen LogP contribution in [0.2, 0.25) is 0 Å². The number of fused-ring (bicyclic) bond motifs is 1. The van der Waals surface area contributed by atoms with Gasteiger partial charge in [0.2, 0.25) is 0 Å². The molecule has 0 bridgehead atoms. The Bertz CT molecular complexity index is 844. The van der Waals surface area contributed by atoms with Crippen LogP contribution in [0.1, 0.15) is 40.9 Å². The van der Waals surface area contributed by atoms with Gasteiger partial charge in [-0.2, -0.15) is 0 Å². The van der Waals surface area contributed by atoms with E-state index < -0.39 is 0 Å². The molecule has 0 aliphatic carbocycles. The number of nitrogens with one attached hydrogen (secondary N) is 2. The van der Waals surface area contributed by atoms with Crippen molar-refractivity contribution in [3.05, 3.63) is 71.5 Å². The Balaban J connectivity index is 1.33. The van der Waals surface area contributed by atoms with Crippen molar-refractivity contribution in [1.82, 2.24) is 5.32 Å². The summed E-state index contributed by atoms with van der Waals surface area (Å²) < 4.78 is 5.61. The number of carbonyl (C=O) groups excluding carboxylic acids is 1. The van der Waals surface area contributed by atoms with Gasteiger partial charge in [0.1, 0.15) is 12.1 Å². The molecule has 0 radical (unpaired) electrons. The van der Waals surface area contributed by atoms with Crippen LogP contribution in [0.4, 0.5) is 0 Å². The van der Waals surface area contributed by atoms with Gasteiger partial charge in [-0.1, -0.05) is 42.5 Å². The van der Waals surface area contributed by atoms with Crippen molar-refractivity contribution in [1.29, 1.82) is 0 Å². The van der Waals surface area contributed by atoms with Crippen molar-refractivity contribution in [3.8, 4) is 0 Å². The van der Waals surface area contributed by atoms with Crippen LogP contribution in [-0.4, -0.2) is 19.0 Å². The summed E-state index contributed by atoms with van der Waals surface area (Å²) in [6, 6.07) is 18.0. The van der Waals surface area contributed by atoms with Gasteiger partial charge in [-0.3, -0.25) is 4.79 Å². The van der Waals surface area contributed by atoms with Crippen LogP contribution in [0.3, 0.4) is 0 Å². The second-order valence-electron chi connectivity index (χ2n) is 7.14. The van der Waals surface area contributed by atoms with E-state index in [9.17, 15) is 4.79 Å². The Hall–Kier alpha value is -2.59. The number of benzene rings is 2. The molecule has 1 aliphatic rings. The maximum absolute atomic E-state index is 12.3. The van der Waals surface area contributed by atoms with Gasteiger partial charge in [0.05, 0.1) is 13.1 Å². The lowest BCUT2D eigenvalue weighted by Crippen LogP contribution is -3.11. The van der Waals surface area contributed by atoms with Gasteiger partial charge in [0, 0.05) is 17.5 Å². The minimum Gasteiger partial charge on any atom is -0.451 e. The summed E-state index contributed by atoms with van der Waals surface area (Å²) in [7, 11) is 0. The van der Waals surface area contributed by atoms with Crippen LogP contribution >= 0.6 is 0 Å². The van der Waals surface area contributed by atoms with Crippen molar-refractivity contribution in [2.24, 2.45) is 0 Å². The van der Waals surface area contributed by atoms with Crippen molar-refractivity contribution < 1.29 is 14.1 Å². The lowest BCUT2D eigenvalue weighted by molar-refractivity contribution is -0.918. The minimum absolute atomic E-state index is 0.178. The van der Waals surface area contributed by atoms with E-state index in [0.717, 1.165) is 23.1 Å². The van der Waals surface area contributed by atoms with Gasteiger partial charge in [0.15, 0.2) is 5.76 Å². The van der Waals surface area contributed by atoms with E-state index in [2.05, 4.69) is 29.6 Å². The summed E-state index contributed by atoms with van der Waals surface area (Å²) >= 11 is 0. The van der Waals surface area contributed by atoms with Gasteiger partial charge >= 0.3 is 0 Å². The fourth-order valence-electron chi connectivity index (χ4n) is 3.66. The van der Waals surface area contributed by atoms with E-state index in [0.29, 0.717) is 12.3 Å². The molecule has 3 aromatic rings. The lowest BCUT2D eigenvalue weighted by atomic mass is 10.1. The summed E-state index contributed by atoms with van der Waals surface area (Å²) in [5.41, 5.74) is 3.21. The van der Waals surface area contributed by atoms with Crippen molar-refractivity contribution in [2.45, 2.75) is 32.4 Å². The zero-order chi connectivity index (χ0) is 17.8. The molecule has 0 saturated carbocycles. The number of para-hydroxylation sites is 1. The molecule has 1 aromatic heterocycles. The number of quaternary nitrogens is 1. The predicted molar refractivity (Wildman–Crippen MR) is 102 cm³/mol. The van der Waals surface area contributed by atoms with E-state index >= 15 is 0 Å². The summed E-state index contributed by atoms with van der Waals surface area (Å²) in [4.78, 5) is 14.0. The van der Waals surface area contributed by atoms with Gasteiger partial charge in [-0.15, -0.1) is 0 Å². The number of amides is 1. The highest BCUT2D eigenvalue weighted by atomic mass is 16.3. The summed E-state index contributed by atoms with van der Waals surface area (Å²) in [5, 5.41) is 3.89. The smallest absolute Gasteiger partial charge is 0.287 e. The maximum atomic E-state index is 12.3. The Labute approximate surface area is 153 Å². The molecule has 0 atom stereocenters. The molecule has 2 heterocycles. The molecule has 134 valence electrons. The van der Waals surface area contributed by atoms with Gasteiger partial charge in [0.25, 0.3) is 5.91 Å². The van der Waals surface area contributed by atoms with Gasteiger partial charge < -0.3 is 14.6 Å². The van der Waals surface area contributed by atoms with Crippen molar-refractivity contribution >= 4 is 16.9 Å². The number of furan rings is 1. The number of hydrogen-bond donors (Lipinski definition) is 2. The molecular formula is C22H25N2O2+. The number of rotatable bonds is 5. The monoisotopic (exact) mass is 349 g/mol. The lowest BCUT2D eigenvalue weighted by Gasteiger charge is -2.23. The predicted octanol–water partition coefficient (Wildman–Crippen LogP) is 2.93. The maximum Gasteiger partial charge on any atom is 0.287 e. The van der Waals surface area contributed by atoms with Crippen molar-refractivity contribution in [3.63, 3.8) is 0 Å². The van der Waals surface area contributed by atoms with Crippen LogP contribution in [-0.2, 0) is 13.1 Å². The third kappa shape index (κ3) is 3.97. The molecule has 4 rings (SSSR count). The quantitative estimate of drug-likeness (QED) is 0.744. The molecular weight excluding hydrogens is 324 g/mol. The number of likely N-dealkylation sites (tertiary alicyclic amines) is 1. The first-order valence-corrected chi connectivity index (χ1v) is 9.46.